The molecule has 2 aliphatic rings. The maximum atomic E-state index is 12.1. The Bertz CT molecular complexity index is 1690. The third kappa shape index (κ3) is 3.48. The molecule has 2 aromatic heterocycles. The monoisotopic (exact) mass is 488 g/mol. The number of aliphatic hydroxyl groups is 1. The minimum absolute atomic E-state index is 0.271. The summed E-state index contributed by atoms with van der Waals surface area (Å²) in [5.74, 6) is 1.27. The molecular formula is C28H24O8. The van der Waals surface area contributed by atoms with Crippen molar-refractivity contribution >= 4 is 28.0 Å². The van der Waals surface area contributed by atoms with Crippen molar-refractivity contribution < 1.29 is 28.2 Å². The number of benzene rings is 2. The largest absolute Gasteiger partial charge is 0.484 e. The Labute approximate surface area is 205 Å². The van der Waals surface area contributed by atoms with Gasteiger partial charge in [-0.2, -0.15) is 0 Å². The van der Waals surface area contributed by atoms with Gasteiger partial charge in [-0.1, -0.05) is 0 Å². The summed E-state index contributed by atoms with van der Waals surface area (Å²) in [5, 5.41) is 12.6. The summed E-state index contributed by atoms with van der Waals surface area (Å²) in [5.41, 5.74) is -1.04. The predicted octanol–water partition coefficient (Wildman–Crippen LogP) is 4.74. The van der Waals surface area contributed by atoms with Crippen molar-refractivity contribution in [1.82, 2.24) is 0 Å². The van der Waals surface area contributed by atoms with Crippen LogP contribution in [0.5, 0.6) is 17.2 Å². The number of aliphatic hydroxyl groups excluding tert-OH is 1. The Morgan fingerprint density at radius 2 is 1.61 bits per heavy atom. The molecule has 2 aromatic carbocycles. The fourth-order valence-corrected chi connectivity index (χ4v) is 4.76. The van der Waals surface area contributed by atoms with Crippen LogP contribution in [-0.2, 0) is 0 Å². The molecule has 0 amide bonds. The Morgan fingerprint density at radius 3 is 2.42 bits per heavy atom. The maximum absolute atomic E-state index is 12.1. The maximum Gasteiger partial charge on any atom is 0.336 e. The third-order valence-electron chi connectivity index (χ3n) is 6.59. The van der Waals surface area contributed by atoms with E-state index in [1.54, 1.807) is 44.2 Å². The third-order valence-corrected chi connectivity index (χ3v) is 6.59. The highest BCUT2D eigenvalue weighted by molar-refractivity contribution is 5.91. The average molecular weight is 488 g/mol. The second kappa shape index (κ2) is 7.48. The Balaban J connectivity index is 1.62. The van der Waals surface area contributed by atoms with Gasteiger partial charge in [-0.05, 0) is 64.1 Å². The van der Waals surface area contributed by atoms with E-state index in [1.165, 1.54) is 12.1 Å². The second-order valence-electron chi connectivity index (χ2n) is 10.2. The van der Waals surface area contributed by atoms with Crippen LogP contribution in [0.2, 0.25) is 0 Å². The zero-order valence-electron chi connectivity index (χ0n) is 20.2. The molecule has 6 rings (SSSR count). The first-order chi connectivity index (χ1) is 17.0. The number of ether oxygens (including phenoxy) is 3. The number of hydrogen-bond acceptors (Lipinski definition) is 8. The van der Waals surface area contributed by atoms with Crippen molar-refractivity contribution in [3.05, 3.63) is 80.5 Å². The van der Waals surface area contributed by atoms with Crippen molar-refractivity contribution in [2.24, 2.45) is 0 Å². The van der Waals surface area contributed by atoms with E-state index in [1.807, 2.05) is 26.0 Å². The summed E-state index contributed by atoms with van der Waals surface area (Å²) < 4.78 is 29.9. The lowest BCUT2D eigenvalue weighted by Crippen LogP contribution is -2.50. The van der Waals surface area contributed by atoms with Gasteiger partial charge in [0.25, 0.3) is 0 Å². The van der Waals surface area contributed by atoms with Crippen LogP contribution in [0, 0.1) is 0 Å². The first kappa shape index (κ1) is 22.4. The molecule has 4 heterocycles. The lowest BCUT2D eigenvalue weighted by molar-refractivity contribution is -0.102. The SMILES string of the molecule is CC1(C)C=Cc2c(cc3oc(=O)ccc3c2O[C@H]2c3c(ccc4ccc(=O)oc34)OC(C)(C)[C@H]2O)O1. The second-order valence-corrected chi connectivity index (χ2v) is 10.2. The molecule has 0 radical (unpaired) electrons. The molecule has 2 aliphatic heterocycles. The number of rotatable bonds is 2. The van der Waals surface area contributed by atoms with E-state index in [2.05, 4.69) is 0 Å². The predicted molar refractivity (Wildman–Crippen MR) is 133 cm³/mol. The summed E-state index contributed by atoms with van der Waals surface area (Å²) in [6, 6.07) is 11.1. The van der Waals surface area contributed by atoms with Gasteiger partial charge in [0.1, 0.15) is 45.7 Å². The van der Waals surface area contributed by atoms with E-state index in [0.717, 1.165) is 0 Å². The van der Waals surface area contributed by atoms with Crippen molar-refractivity contribution in [2.45, 2.75) is 51.1 Å². The fraction of sp³-hybridized carbons (Fsp3) is 0.286. The minimum atomic E-state index is -1.15. The van der Waals surface area contributed by atoms with Crippen LogP contribution in [0.3, 0.4) is 0 Å². The highest BCUT2D eigenvalue weighted by Crippen LogP contribution is 2.49. The van der Waals surface area contributed by atoms with Crippen LogP contribution in [0.1, 0.15) is 44.9 Å². The standard InChI is InChI=1S/C28H24O8/c1-27(2)12-11-16-19(35-27)13-18-15(7-10-20(29)32-18)24(16)34-25-22-17(36-28(3,4)26(25)31)8-5-14-6-9-21(30)33-23(14)22/h5-13,25-26,31H,1-4H3/t25-,26-/m0/s1. The smallest absolute Gasteiger partial charge is 0.336 e. The van der Waals surface area contributed by atoms with Crippen LogP contribution in [0.15, 0.2) is 67.0 Å². The molecule has 2 atom stereocenters. The topological polar surface area (TPSA) is 108 Å². The van der Waals surface area contributed by atoms with Crippen molar-refractivity contribution in [3.63, 3.8) is 0 Å². The molecule has 0 bridgehead atoms. The normalized spacial score (nSPS) is 21.4. The molecule has 0 spiro atoms. The lowest BCUT2D eigenvalue weighted by atomic mass is 9.87. The van der Waals surface area contributed by atoms with Crippen LogP contribution < -0.4 is 25.5 Å². The molecule has 1 N–H and O–H groups in total. The zero-order chi connectivity index (χ0) is 25.4. The van der Waals surface area contributed by atoms with E-state index < -0.39 is 34.7 Å². The van der Waals surface area contributed by atoms with Crippen LogP contribution in [0.25, 0.3) is 28.0 Å². The Morgan fingerprint density at radius 1 is 0.889 bits per heavy atom. The molecule has 0 saturated heterocycles. The summed E-state index contributed by atoms with van der Waals surface area (Å²) >= 11 is 0. The molecular weight excluding hydrogens is 464 g/mol. The van der Waals surface area contributed by atoms with Crippen molar-refractivity contribution in [1.29, 1.82) is 0 Å². The van der Waals surface area contributed by atoms with Crippen molar-refractivity contribution in [3.8, 4) is 17.2 Å². The number of fused-ring (bicyclic) bond motifs is 5. The van der Waals surface area contributed by atoms with Crippen LogP contribution >= 0.6 is 0 Å². The molecule has 0 fully saturated rings. The van der Waals surface area contributed by atoms with Crippen molar-refractivity contribution in [2.75, 3.05) is 0 Å². The van der Waals surface area contributed by atoms with E-state index in [9.17, 15) is 14.7 Å². The van der Waals surface area contributed by atoms with Gasteiger partial charge < -0.3 is 28.2 Å². The molecule has 184 valence electrons. The molecule has 4 aromatic rings. The fourth-order valence-electron chi connectivity index (χ4n) is 4.76. The van der Waals surface area contributed by atoms with Gasteiger partial charge >= 0.3 is 11.3 Å². The highest BCUT2D eigenvalue weighted by Gasteiger charge is 2.46. The Kier molecular flexibility index (Phi) is 4.66. The van der Waals surface area contributed by atoms with E-state index in [4.69, 9.17) is 23.0 Å². The van der Waals surface area contributed by atoms with Gasteiger partial charge in [0.15, 0.2) is 6.10 Å². The Hall–Kier alpha value is -4.04. The molecule has 36 heavy (non-hydrogen) atoms. The molecule has 0 unspecified atom stereocenters. The number of hydrogen-bond donors (Lipinski definition) is 1. The van der Waals surface area contributed by atoms with Gasteiger partial charge in [0.05, 0.1) is 16.5 Å². The first-order valence-corrected chi connectivity index (χ1v) is 11.6. The van der Waals surface area contributed by atoms with E-state index in [0.29, 0.717) is 39.1 Å². The van der Waals surface area contributed by atoms with Gasteiger partial charge in [-0.3, -0.25) is 0 Å². The summed E-state index contributed by atoms with van der Waals surface area (Å²) in [7, 11) is 0. The molecule has 0 aliphatic carbocycles. The molecule has 8 nitrogen and oxygen atoms in total. The average Bonchev–Trinajstić information content (AvgIpc) is 2.80. The quantitative estimate of drug-likeness (QED) is 0.403. The van der Waals surface area contributed by atoms with E-state index in [-0.39, 0.29) is 11.2 Å². The highest BCUT2D eigenvalue weighted by atomic mass is 16.5. The minimum Gasteiger partial charge on any atom is -0.484 e. The lowest BCUT2D eigenvalue weighted by Gasteiger charge is -2.42. The van der Waals surface area contributed by atoms with Gasteiger partial charge in [-0.15, -0.1) is 0 Å². The van der Waals surface area contributed by atoms with Gasteiger partial charge in [0.2, 0.25) is 0 Å². The molecule has 8 heteroatoms. The van der Waals surface area contributed by atoms with Crippen LogP contribution in [0.4, 0.5) is 0 Å². The summed E-state index contributed by atoms with van der Waals surface area (Å²) in [6.45, 7) is 7.33. The molecule has 0 saturated carbocycles. The summed E-state index contributed by atoms with van der Waals surface area (Å²) in [6.07, 6.45) is 1.66. The van der Waals surface area contributed by atoms with Crippen LogP contribution in [-0.4, -0.2) is 22.4 Å². The first-order valence-electron chi connectivity index (χ1n) is 11.6. The van der Waals surface area contributed by atoms with Gasteiger partial charge in [0, 0.05) is 23.6 Å². The zero-order valence-corrected chi connectivity index (χ0v) is 20.2. The summed E-state index contributed by atoms with van der Waals surface area (Å²) in [4.78, 5) is 24.1. The van der Waals surface area contributed by atoms with E-state index >= 15 is 0 Å². The van der Waals surface area contributed by atoms with Gasteiger partial charge in [-0.25, -0.2) is 9.59 Å².